The number of hydrogen-bond acceptors (Lipinski definition) is 4. The van der Waals surface area contributed by atoms with Gasteiger partial charge in [-0.15, -0.1) is 0 Å². The number of nitrogens with two attached hydrogens (primary N) is 1. The molecule has 1 fully saturated rings. The van der Waals surface area contributed by atoms with Crippen LogP contribution in [0, 0.1) is 0 Å². The standard InChI is InChI=1S/C9H20N2O2/c1-9(5-12,6-13)11-8-3-2-7(10)4-8/h7-8,11-13H,2-6,10H2,1H3. The summed E-state index contributed by atoms with van der Waals surface area (Å²) in [6, 6.07) is 0.624. The Balaban J connectivity index is 2.38. The van der Waals surface area contributed by atoms with E-state index >= 15 is 0 Å². The predicted octanol–water partition coefficient (Wildman–Crippen LogP) is -0.801. The molecule has 4 nitrogen and oxygen atoms in total. The van der Waals surface area contributed by atoms with Crippen molar-refractivity contribution in [2.24, 2.45) is 5.73 Å². The van der Waals surface area contributed by atoms with Crippen LogP contribution in [-0.4, -0.2) is 41.0 Å². The van der Waals surface area contributed by atoms with E-state index in [1.807, 2.05) is 6.92 Å². The number of aliphatic hydroxyl groups is 2. The smallest absolute Gasteiger partial charge is 0.0633 e. The van der Waals surface area contributed by atoms with E-state index in [4.69, 9.17) is 15.9 Å². The van der Waals surface area contributed by atoms with E-state index in [2.05, 4.69) is 5.32 Å². The second kappa shape index (κ2) is 4.37. The van der Waals surface area contributed by atoms with Gasteiger partial charge in [0.15, 0.2) is 0 Å². The van der Waals surface area contributed by atoms with Gasteiger partial charge in [-0.3, -0.25) is 0 Å². The maximum Gasteiger partial charge on any atom is 0.0633 e. The molecule has 78 valence electrons. The zero-order valence-electron chi connectivity index (χ0n) is 8.16. The minimum Gasteiger partial charge on any atom is -0.394 e. The predicted molar refractivity (Wildman–Crippen MR) is 51.3 cm³/mol. The monoisotopic (exact) mass is 188 g/mol. The van der Waals surface area contributed by atoms with Gasteiger partial charge in [-0.05, 0) is 26.2 Å². The fraction of sp³-hybridized carbons (Fsp3) is 1.00. The Hall–Kier alpha value is -0.160. The molecule has 0 saturated heterocycles. The largest absolute Gasteiger partial charge is 0.394 e. The molecule has 4 heteroatoms. The molecule has 1 aliphatic carbocycles. The minimum absolute atomic E-state index is 0.0464. The molecule has 1 saturated carbocycles. The molecule has 0 bridgehead atoms. The Kier molecular flexibility index (Phi) is 3.67. The van der Waals surface area contributed by atoms with Gasteiger partial charge in [0.2, 0.25) is 0 Å². The van der Waals surface area contributed by atoms with Crippen molar-refractivity contribution < 1.29 is 10.2 Å². The van der Waals surface area contributed by atoms with Gasteiger partial charge in [0.25, 0.3) is 0 Å². The van der Waals surface area contributed by atoms with Crippen LogP contribution < -0.4 is 11.1 Å². The summed E-state index contributed by atoms with van der Waals surface area (Å²) in [6.45, 7) is 1.72. The van der Waals surface area contributed by atoms with E-state index in [0.717, 1.165) is 19.3 Å². The number of rotatable bonds is 4. The Morgan fingerprint density at radius 1 is 1.38 bits per heavy atom. The summed E-state index contributed by atoms with van der Waals surface area (Å²) in [4.78, 5) is 0. The van der Waals surface area contributed by atoms with E-state index in [9.17, 15) is 0 Å². The first-order chi connectivity index (χ1) is 6.09. The van der Waals surface area contributed by atoms with Gasteiger partial charge in [0.05, 0.1) is 18.8 Å². The molecule has 0 aliphatic heterocycles. The molecule has 0 amide bonds. The molecule has 13 heavy (non-hydrogen) atoms. The number of nitrogens with one attached hydrogen (secondary N) is 1. The topological polar surface area (TPSA) is 78.5 Å². The molecule has 2 unspecified atom stereocenters. The summed E-state index contributed by atoms with van der Waals surface area (Å²) >= 11 is 0. The first kappa shape index (κ1) is 10.9. The molecular weight excluding hydrogens is 168 g/mol. The molecular formula is C9H20N2O2. The van der Waals surface area contributed by atoms with Gasteiger partial charge in [0.1, 0.15) is 0 Å². The maximum atomic E-state index is 9.06. The average Bonchev–Trinajstić information content (AvgIpc) is 2.51. The van der Waals surface area contributed by atoms with Gasteiger partial charge in [-0.2, -0.15) is 0 Å². The summed E-state index contributed by atoms with van der Waals surface area (Å²) in [7, 11) is 0. The lowest BCUT2D eigenvalue weighted by Crippen LogP contribution is -2.53. The quantitative estimate of drug-likeness (QED) is 0.466. The van der Waals surface area contributed by atoms with Crippen LogP contribution in [0.15, 0.2) is 0 Å². The highest BCUT2D eigenvalue weighted by molar-refractivity contribution is 4.90. The van der Waals surface area contributed by atoms with Crippen LogP contribution in [0.3, 0.4) is 0 Å². The third-order valence-electron chi connectivity index (χ3n) is 2.72. The van der Waals surface area contributed by atoms with Gasteiger partial charge < -0.3 is 21.3 Å². The van der Waals surface area contributed by atoms with Crippen LogP contribution >= 0.6 is 0 Å². The third kappa shape index (κ3) is 2.91. The van der Waals surface area contributed by atoms with Crippen LogP contribution in [0.4, 0.5) is 0 Å². The summed E-state index contributed by atoms with van der Waals surface area (Å²) in [5.41, 5.74) is 5.20. The van der Waals surface area contributed by atoms with Gasteiger partial charge in [0, 0.05) is 12.1 Å². The fourth-order valence-corrected chi connectivity index (χ4v) is 1.78. The van der Waals surface area contributed by atoms with Crippen molar-refractivity contribution in [3.05, 3.63) is 0 Å². The lowest BCUT2D eigenvalue weighted by Gasteiger charge is -2.30. The zero-order chi connectivity index (χ0) is 9.90. The molecule has 2 atom stereocenters. The van der Waals surface area contributed by atoms with Gasteiger partial charge in [-0.1, -0.05) is 0 Å². The molecule has 0 spiro atoms. The van der Waals surface area contributed by atoms with Crippen molar-refractivity contribution in [2.45, 2.75) is 43.8 Å². The second-order valence-electron chi connectivity index (χ2n) is 4.29. The highest BCUT2D eigenvalue weighted by Gasteiger charge is 2.29. The van der Waals surface area contributed by atoms with Crippen LogP contribution in [0.1, 0.15) is 26.2 Å². The van der Waals surface area contributed by atoms with Crippen LogP contribution in [0.25, 0.3) is 0 Å². The minimum atomic E-state index is -0.561. The van der Waals surface area contributed by atoms with Crippen LogP contribution in [0.2, 0.25) is 0 Å². The normalized spacial score (nSPS) is 29.5. The van der Waals surface area contributed by atoms with E-state index < -0.39 is 5.54 Å². The molecule has 0 aromatic heterocycles. The number of hydrogen-bond donors (Lipinski definition) is 4. The van der Waals surface area contributed by atoms with E-state index in [1.54, 1.807) is 0 Å². The third-order valence-corrected chi connectivity index (χ3v) is 2.72. The molecule has 5 N–H and O–H groups in total. The highest BCUT2D eigenvalue weighted by Crippen LogP contribution is 2.19. The molecule has 0 aromatic carbocycles. The molecule has 0 radical (unpaired) electrons. The molecule has 1 aliphatic rings. The molecule has 0 heterocycles. The Labute approximate surface area is 79.1 Å². The Morgan fingerprint density at radius 3 is 2.38 bits per heavy atom. The van der Waals surface area contributed by atoms with Crippen molar-refractivity contribution in [1.29, 1.82) is 0 Å². The van der Waals surface area contributed by atoms with Crippen molar-refractivity contribution in [3.8, 4) is 0 Å². The second-order valence-corrected chi connectivity index (χ2v) is 4.29. The number of aliphatic hydroxyl groups excluding tert-OH is 2. The first-order valence-electron chi connectivity index (χ1n) is 4.84. The lowest BCUT2D eigenvalue weighted by molar-refractivity contribution is 0.0943. The summed E-state index contributed by atoms with van der Waals surface area (Å²) in [5.74, 6) is 0. The SMILES string of the molecule is CC(CO)(CO)NC1CCC(N)C1. The van der Waals surface area contributed by atoms with E-state index in [-0.39, 0.29) is 19.3 Å². The lowest BCUT2D eigenvalue weighted by atomic mass is 10.0. The first-order valence-corrected chi connectivity index (χ1v) is 4.84. The zero-order valence-corrected chi connectivity index (χ0v) is 8.16. The van der Waals surface area contributed by atoms with E-state index in [0.29, 0.717) is 6.04 Å². The fourth-order valence-electron chi connectivity index (χ4n) is 1.78. The Morgan fingerprint density at radius 2 is 2.00 bits per heavy atom. The maximum absolute atomic E-state index is 9.06. The van der Waals surface area contributed by atoms with Gasteiger partial charge in [-0.25, -0.2) is 0 Å². The van der Waals surface area contributed by atoms with Crippen molar-refractivity contribution >= 4 is 0 Å². The summed E-state index contributed by atoms with van der Waals surface area (Å²) in [6.07, 6.45) is 3.01. The summed E-state index contributed by atoms with van der Waals surface area (Å²) < 4.78 is 0. The van der Waals surface area contributed by atoms with Crippen molar-refractivity contribution in [2.75, 3.05) is 13.2 Å². The van der Waals surface area contributed by atoms with E-state index in [1.165, 1.54) is 0 Å². The van der Waals surface area contributed by atoms with Crippen LogP contribution in [0.5, 0.6) is 0 Å². The molecule has 0 aromatic rings. The Bertz CT molecular complexity index is 160. The summed E-state index contributed by atoms with van der Waals surface area (Å²) in [5, 5.41) is 21.4. The van der Waals surface area contributed by atoms with Crippen molar-refractivity contribution in [1.82, 2.24) is 5.32 Å². The highest BCUT2D eigenvalue weighted by atomic mass is 16.3. The van der Waals surface area contributed by atoms with Crippen LogP contribution in [-0.2, 0) is 0 Å². The van der Waals surface area contributed by atoms with Gasteiger partial charge >= 0.3 is 0 Å². The molecule has 1 rings (SSSR count). The average molecular weight is 188 g/mol. The van der Waals surface area contributed by atoms with Crippen molar-refractivity contribution in [3.63, 3.8) is 0 Å².